The summed E-state index contributed by atoms with van der Waals surface area (Å²) in [5, 5.41) is 2.69. The number of esters is 1. The molecule has 0 aliphatic carbocycles. The Kier molecular flexibility index (Phi) is 6.02. The molecule has 1 aromatic heterocycles. The molecule has 1 aromatic carbocycles. The molecule has 0 aliphatic rings. The number of nitrogens with zero attached hydrogens (tertiary/aromatic N) is 1. The minimum Gasteiger partial charge on any atom is -0.478 e. The van der Waals surface area contributed by atoms with Crippen molar-refractivity contribution in [2.75, 3.05) is 11.9 Å². The van der Waals surface area contributed by atoms with E-state index in [2.05, 4.69) is 10.3 Å². The molecule has 25 heavy (non-hydrogen) atoms. The van der Waals surface area contributed by atoms with Crippen LogP contribution in [0.1, 0.15) is 29.2 Å². The third-order valence-corrected chi connectivity index (χ3v) is 4.11. The van der Waals surface area contributed by atoms with Crippen molar-refractivity contribution in [3.63, 3.8) is 0 Å². The van der Waals surface area contributed by atoms with Gasteiger partial charge in [0.15, 0.2) is 22.8 Å². The molecule has 1 amide bonds. The molecule has 2 rings (SSSR count). The Morgan fingerprint density at radius 1 is 1.36 bits per heavy atom. The summed E-state index contributed by atoms with van der Waals surface area (Å²) in [6.45, 7) is 4.94. The number of anilines is 1. The van der Waals surface area contributed by atoms with Crippen LogP contribution < -0.4 is 10.1 Å². The van der Waals surface area contributed by atoms with Gasteiger partial charge in [-0.25, -0.2) is 18.6 Å². The number of hydrogen-bond donors (Lipinski definition) is 1. The quantitative estimate of drug-likeness (QED) is 0.790. The van der Waals surface area contributed by atoms with Gasteiger partial charge in [0.25, 0.3) is 5.91 Å². The van der Waals surface area contributed by atoms with Crippen LogP contribution in [0.25, 0.3) is 0 Å². The maximum Gasteiger partial charge on any atom is 0.350 e. The summed E-state index contributed by atoms with van der Waals surface area (Å²) in [7, 11) is 0. The van der Waals surface area contributed by atoms with E-state index in [0.29, 0.717) is 11.8 Å². The molecule has 134 valence electrons. The summed E-state index contributed by atoms with van der Waals surface area (Å²) in [5.74, 6) is -3.00. The van der Waals surface area contributed by atoms with E-state index in [4.69, 9.17) is 9.47 Å². The predicted octanol–water partition coefficient (Wildman–Crippen LogP) is 3.31. The average Bonchev–Trinajstić information content (AvgIpc) is 2.90. The fourth-order valence-electron chi connectivity index (χ4n) is 1.86. The minimum atomic E-state index is -1.06. The number of carbonyl (C=O) groups is 2. The van der Waals surface area contributed by atoms with E-state index in [9.17, 15) is 18.4 Å². The van der Waals surface area contributed by atoms with Gasteiger partial charge in [0, 0.05) is 6.07 Å². The summed E-state index contributed by atoms with van der Waals surface area (Å²) in [4.78, 5) is 28.2. The number of hydrogen-bond acceptors (Lipinski definition) is 6. The van der Waals surface area contributed by atoms with Crippen molar-refractivity contribution in [2.24, 2.45) is 0 Å². The summed E-state index contributed by atoms with van der Waals surface area (Å²) in [6.07, 6.45) is -1.06. The summed E-state index contributed by atoms with van der Waals surface area (Å²) in [5.41, 5.74) is 0.428. The first-order chi connectivity index (χ1) is 11.8. The highest BCUT2D eigenvalue weighted by Gasteiger charge is 2.21. The predicted molar refractivity (Wildman–Crippen MR) is 87.9 cm³/mol. The van der Waals surface area contributed by atoms with E-state index in [0.717, 1.165) is 23.5 Å². The average molecular weight is 370 g/mol. The largest absolute Gasteiger partial charge is 0.478 e. The standard InChI is InChI=1S/C16H16F2N2O4S/c1-4-23-15(22)13-8(2)19-16(25-13)20-14(21)9(3)24-12-6-5-10(17)7-11(12)18/h5-7,9H,4H2,1-3H3,(H,19,20,21)/t9-/m0/s1. The lowest BCUT2D eigenvalue weighted by molar-refractivity contribution is -0.122. The third-order valence-electron chi connectivity index (χ3n) is 3.05. The van der Waals surface area contributed by atoms with Crippen LogP contribution in [0.15, 0.2) is 18.2 Å². The Balaban J connectivity index is 2.03. The first kappa shape index (κ1) is 18.8. The van der Waals surface area contributed by atoms with Crippen molar-refractivity contribution in [1.82, 2.24) is 4.98 Å². The Hall–Kier alpha value is -2.55. The lowest BCUT2D eigenvalue weighted by atomic mass is 10.3. The van der Waals surface area contributed by atoms with Crippen LogP contribution in [-0.2, 0) is 9.53 Å². The van der Waals surface area contributed by atoms with Crippen LogP contribution in [0.5, 0.6) is 5.75 Å². The maximum absolute atomic E-state index is 13.6. The Labute approximate surface area is 146 Å². The molecule has 0 fully saturated rings. The molecule has 0 unspecified atom stereocenters. The van der Waals surface area contributed by atoms with E-state index >= 15 is 0 Å². The zero-order valence-corrected chi connectivity index (χ0v) is 14.6. The number of amides is 1. The summed E-state index contributed by atoms with van der Waals surface area (Å²) >= 11 is 0.968. The minimum absolute atomic E-state index is 0.195. The zero-order chi connectivity index (χ0) is 18.6. The van der Waals surface area contributed by atoms with Gasteiger partial charge in [-0.3, -0.25) is 10.1 Å². The lowest BCUT2D eigenvalue weighted by Crippen LogP contribution is -2.30. The first-order valence-corrected chi connectivity index (χ1v) is 8.20. The van der Waals surface area contributed by atoms with Crippen LogP contribution in [0.2, 0.25) is 0 Å². The van der Waals surface area contributed by atoms with Gasteiger partial charge < -0.3 is 9.47 Å². The number of ether oxygens (including phenoxy) is 2. The smallest absolute Gasteiger partial charge is 0.350 e. The molecule has 1 N–H and O–H groups in total. The van der Waals surface area contributed by atoms with Gasteiger partial charge in [0.05, 0.1) is 12.3 Å². The van der Waals surface area contributed by atoms with E-state index in [1.54, 1.807) is 13.8 Å². The normalized spacial score (nSPS) is 11.7. The van der Waals surface area contributed by atoms with Gasteiger partial charge >= 0.3 is 5.97 Å². The van der Waals surface area contributed by atoms with Gasteiger partial charge in [-0.05, 0) is 32.9 Å². The number of nitrogens with one attached hydrogen (secondary N) is 1. The second-order valence-electron chi connectivity index (χ2n) is 4.98. The molecule has 0 radical (unpaired) electrons. The van der Waals surface area contributed by atoms with E-state index < -0.39 is 29.6 Å². The number of carbonyl (C=O) groups excluding carboxylic acids is 2. The maximum atomic E-state index is 13.6. The van der Waals surface area contributed by atoms with Gasteiger partial charge in [-0.2, -0.15) is 0 Å². The molecular weight excluding hydrogens is 354 g/mol. The molecule has 0 saturated heterocycles. The molecule has 0 bridgehead atoms. The molecular formula is C16H16F2N2O4S. The topological polar surface area (TPSA) is 77.5 Å². The van der Waals surface area contributed by atoms with Crippen LogP contribution in [0.3, 0.4) is 0 Å². The van der Waals surface area contributed by atoms with Crippen molar-refractivity contribution in [1.29, 1.82) is 0 Å². The highest BCUT2D eigenvalue weighted by molar-refractivity contribution is 7.17. The lowest BCUT2D eigenvalue weighted by Gasteiger charge is -2.14. The number of aromatic nitrogens is 1. The fourth-order valence-corrected chi connectivity index (χ4v) is 2.72. The van der Waals surface area contributed by atoms with Gasteiger partial charge in [-0.15, -0.1) is 0 Å². The van der Waals surface area contributed by atoms with Crippen LogP contribution >= 0.6 is 11.3 Å². The molecule has 0 saturated carbocycles. The summed E-state index contributed by atoms with van der Waals surface area (Å²) in [6, 6.07) is 2.79. The van der Waals surface area contributed by atoms with E-state index in [-0.39, 0.29) is 22.4 Å². The van der Waals surface area contributed by atoms with Gasteiger partial charge in [0.2, 0.25) is 0 Å². The fraction of sp³-hybridized carbons (Fsp3) is 0.312. The Morgan fingerprint density at radius 3 is 2.72 bits per heavy atom. The third kappa shape index (κ3) is 4.72. The Morgan fingerprint density at radius 2 is 2.08 bits per heavy atom. The van der Waals surface area contributed by atoms with Crippen molar-refractivity contribution in [3.05, 3.63) is 40.4 Å². The second-order valence-corrected chi connectivity index (χ2v) is 5.98. The van der Waals surface area contributed by atoms with Gasteiger partial charge in [-0.1, -0.05) is 11.3 Å². The zero-order valence-electron chi connectivity index (χ0n) is 13.8. The molecule has 1 heterocycles. The molecule has 1 atom stereocenters. The number of rotatable bonds is 6. The molecule has 6 nitrogen and oxygen atoms in total. The molecule has 0 aliphatic heterocycles. The molecule has 9 heteroatoms. The number of benzene rings is 1. The Bertz CT molecular complexity index is 794. The van der Waals surface area contributed by atoms with E-state index in [1.165, 1.54) is 6.92 Å². The highest BCUT2D eigenvalue weighted by Crippen LogP contribution is 2.24. The van der Waals surface area contributed by atoms with Gasteiger partial charge in [0.1, 0.15) is 10.7 Å². The van der Waals surface area contributed by atoms with E-state index in [1.807, 2.05) is 0 Å². The number of thiazole rings is 1. The van der Waals surface area contributed by atoms with Crippen LogP contribution in [-0.4, -0.2) is 29.6 Å². The second kappa shape index (κ2) is 8.02. The van der Waals surface area contributed by atoms with Crippen molar-refractivity contribution in [2.45, 2.75) is 26.9 Å². The van der Waals surface area contributed by atoms with Crippen LogP contribution in [0, 0.1) is 18.6 Å². The number of aryl methyl sites for hydroxylation is 1. The monoisotopic (exact) mass is 370 g/mol. The highest BCUT2D eigenvalue weighted by atomic mass is 32.1. The van der Waals surface area contributed by atoms with Crippen molar-refractivity contribution >= 4 is 28.3 Å². The van der Waals surface area contributed by atoms with Crippen molar-refractivity contribution in [3.8, 4) is 5.75 Å². The summed E-state index contributed by atoms with van der Waals surface area (Å²) < 4.78 is 36.5. The SMILES string of the molecule is CCOC(=O)c1sc(NC(=O)[C@H](C)Oc2ccc(F)cc2F)nc1C. The first-order valence-electron chi connectivity index (χ1n) is 7.39. The van der Waals surface area contributed by atoms with Crippen LogP contribution in [0.4, 0.5) is 13.9 Å². The van der Waals surface area contributed by atoms with Crippen molar-refractivity contribution < 1.29 is 27.8 Å². The number of halogens is 2. The molecule has 0 spiro atoms. The molecule has 2 aromatic rings.